The van der Waals surface area contributed by atoms with Gasteiger partial charge in [0.25, 0.3) is 0 Å². The SMILES string of the molecule is O=C(CN1CCCCC1Cn1cccn1)N1CCc2ccccc2C1. The summed E-state index contributed by atoms with van der Waals surface area (Å²) >= 11 is 0. The maximum Gasteiger partial charge on any atom is 0.237 e. The standard InChI is InChI=1S/C20H26N4O/c25-20(23-13-9-17-6-1-2-7-18(17)14-23)16-22-11-4-3-8-19(22)15-24-12-5-10-21-24/h1-2,5-7,10,12,19H,3-4,8-9,11,13-16H2. The van der Waals surface area contributed by atoms with E-state index in [4.69, 9.17) is 0 Å². The van der Waals surface area contributed by atoms with Crippen molar-refractivity contribution in [2.45, 2.75) is 44.8 Å². The van der Waals surface area contributed by atoms with Crippen molar-refractivity contribution in [2.24, 2.45) is 0 Å². The predicted octanol–water partition coefficient (Wildman–Crippen LogP) is 2.32. The first-order valence-corrected chi connectivity index (χ1v) is 9.35. The van der Waals surface area contributed by atoms with Crippen molar-refractivity contribution in [3.63, 3.8) is 0 Å². The van der Waals surface area contributed by atoms with Crippen LogP contribution in [0.1, 0.15) is 30.4 Å². The Balaban J connectivity index is 1.39. The minimum Gasteiger partial charge on any atom is -0.337 e. The second kappa shape index (κ2) is 7.40. The average molecular weight is 338 g/mol. The van der Waals surface area contributed by atoms with Crippen LogP contribution in [0.2, 0.25) is 0 Å². The monoisotopic (exact) mass is 338 g/mol. The van der Waals surface area contributed by atoms with Gasteiger partial charge in [0.05, 0.1) is 13.1 Å². The summed E-state index contributed by atoms with van der Waals surface area (Å²) in [6.07, 6.45) is 8.38. The molecule has 1 unspecified atom stereocenters. The molecule has 5 heteroatoms. The average Bonchev–Trinajstić information content (AvgIpc) is 3.16. The Hall–Kier alpha value is -2.14. The van der Waals surface area contributed by atoms with Crippen LogP contribution in [0.5, 0.6) is 0 Å². The molecule has 0 saturated carbocycles. The maximum atomic E-state index is 12.9. The molecular formula is C20H26N4O. The van der Waals surface area contributed by atoms with Crippen LogP contribution in [0.4, 0.5) is 0 Å². The number of rotatable bonds is 4. The van der Waals surface area contributed by atoms with Gasteiger partial charge >= 0.3 is 0 Å². The second-order valence-electron chi connectivity index (χ2n) is 7.18. The Morgan fingerprint density at radius 3 is 2.84 bits per heavy atom. The summed E-state index contributed by atoms with van der Waals surface area (Å²) in [6.45, 7) is 4.03. The van der Waals surface area contributed by atoms with Crippen molar-refractivity contribution in [1.29, 1.82) is 0 Å². The fourth-order valence-electron chi connectivity index (χ4n) is 4.08. The van der Waals surface area contributed by atoms with Gasteiger partial charge in [-0.25, -0.2) is 0 Å². The topological polar surface area (TPSA) is 41.4 Å². The summed E-state index contributed by atoms with van der Waals surface area (Å²) in [5.41, 5.74) is 2.69. The molecule has 2 aliphatic rings. The highest BCUT2D eigenvalue weighted by molar-refractivity contribution is 5.78. The molecule has 2 aliphatic heterocycles. The van der Waals surface area contributed by atoms with Crippen LogP contribution in [0.15, 0.2) is 42.7 Å². The lowest BCUT2D eigenvalue weighted by Crippen LogP contribution is -2.49. The molecule has 0 bridgehead atoms. The molecule has 3 heterocycles. The summed E-state index contributed by atoms with van der Waals surface area (Å²) in [4.78, 5) is 17.3. The van der Waals surface area contributed by atoms with Crippen LogP contribution in [0.3, 0.4) is 0 Å². The number of benzene rings is 1. The number of hydrogen-bond donors (Lipinski definition) is 0. The number of fused-ring (bicyclic) bond motifs is 1. The number of piperidine rings is 1. The van der Waals surface area contributed by atoms with Crippen molar-refractivity contribution in [2.75, 3.05) is 19.6 Å². The van der Waals surface area contributed by atoms with Gasteiger partial charge in [0.2, 0.25) is 5.91 Å². The van der Waals surface area contributed by atoms with E-state index in [1.54, 1.807) is 0 Å². The fraction of sp³-hybridized carbons (Fsp3) is 0.500. The number of carbonyl (C=O) groups is 1. The maximum absolute atomic E-state index is 12.9. The molecule has 4 rings (SSSR count). The van der Waals surface area contributed by atoms with Crippen molar-refractivity contribution >= 4 is 5.91 Å². The van der Waals surface area contributed by atoms with E-state index in [0.29, 0.717) is 12.6 Å². The number of likely N-dealkylation sites (tertiary alicyclic amines) is 1. The second-order valence-corrected chi connectivity index (χ2v) is 7.18. The van der Waals surface area contributed by atoms with E-state index in [2.05, 4.69) is 34.3 Å². The lowest BCUT2D eigenvalue weighted by atomic mass is 9.99. The predicted molar refractivity (Wildman–Crippen MR) is 97.0 cm³/mol. The smallest absolute Gasteiger partial charge is 0.237 e. The summed E-state index contributed by atoms with van der Waals surface area (Å²) in [5.74, 6) is 0.266. The lowest BCUT2D eigenvalue weighted by molar-refractivity contribution is -0.134. The van der Waals surface area contributed by atoms with Crippen molar-refractivity contribution < 1.29 is 4.79 Å². The van der Waals surface area contributed by atoms with Gasteiger partial charge in [-0.2, -0.15) is 5.10 Å². The van der Waals surface area contributed by atoms with Gasteiger partial charge in [-0.05, 0) is 43.0 Å². The van der Waals surface area contributed by atoms with E-state index in [0.717, 1.165) is 39.0 Å². The van der Waals surface area contributed by atoms with Gasteiger partial charge in [0, 0.05) is 31.5 Å². The van der Waals surface area contributed by atoms with E-state index in [1.807, 2.05) is 28.0 Å². The molecule has 25 heavy (non-hydrogen) atoms. The number of aromatic nitrogens is 2. The molecule has 0 spiro atoms. The minimum atomic E-state index is 0.266. The minimum absolute atomic E-state index is 0.266. The molecule has 1 aromatic heterocycles. The Kier molecular flexibility index (Phi) is 4.83. The molecule has 0 N–H and O–H groups in total. The van der Waals surface area contributed by atoms with Crippen molar-refractivity contribution in [3.05, 3.63) is 53.9 Å². The first kappa shape index (κ1) is 16.3. The van der Waals surface area contributed by atoms with Crippen LogP contribution < -0.4 is 0 Å². The Morgan fingerprint density at radius 1 is 1.12 bits per heavy atom. The van der Waals surface area contributed by atoms with E-state index in [-0.39, 0.29) is 5.91 Å². The van der Waals surface area contributed by atoms with E-state index >= 15 is 0 Å². The van der Waals surface area contributed by atoms with E-state index in [1.165, 1.54) is 24.0 Å². The Bertz CT molecular complexity index is 712. The molecule has 0 aliphatic carbocycles. The normalized spacial score (nSPS) is 21.1. The van der Waals surface area contributed by atoms with Crippen LogP contribution in [0.25, 0.3) is 0 Å². The van der Waals surface area contributed by atoms with Crippen molar-refractivity contribution in [3.8, 4) is 0 Å². The van der Waals surface area contributed by atoms with Crippen LogP contribution >= 0.6 is 0 Å². The molecular weight excluding hydrogens is 312 g/mol. The highest BCUT2D eigenvalue weighted by atomic mass is 16.2. The molecule has 0 radical (unpaired) electrons. The molecule has 5 nitrogen and oxygen atoms in total. The zero-order chi connectivity index (χ0) is 17.1. The van der Waals surface area contributed by atoms with Gasteiger partial charge in [-0.3, -0.25) is 14.4 Å². The van der Waals surface area contributed by atoms with Gasteiger partial charge < -0.3 is 4.90 Å². The summed E-state index contributed by atoms with van der Waals surface area (Å²) in [5, 5.41) is 4.33. The molecule has 1 atom stereocenters. The van der Waals surface area contributed by atoms with Gasteiger partial charge in [-0.1, -0.05) is 30.7 Å². The molecule has 1 amide bonds. The molecule has 2 aromatic rings. The summed E-state index contributed by atoms with van der Waals surface area (Å²) < 4.78 is 1.99. The van der Waals surface area contributed by atoms with Crippen LogP contribution in [-0.2, 0) is 24.3 Å². The highest BCUT2D eigenvalue weighted by Gasteiger charge is 2.28. The quantitative estimate of drug-likeness (QED) is 0.859. The molecule has 1 fully saturated rings. The summed E-state index contributed by atoms with van der Waals surface area (Å²) in [6, 6.07) is 10.9. The van der Waals surface area contributed by atoms with Gasteiger partial charge in [-0.15, -0.1) is 0 Å². The summed E-state index contributed by atoms with van der Waals surface area (Å²) in [7, 11) is 0. The van der Waals surface area contributed by atoms with E-state index < -0.39 is 0 Å². The zero-order valence-corrected chi connectivity index (χ0v) is 14.7. The highest BCUT2D eigenvalue weighted by Crippen LogP contribution is 2.21. The van der Waals surface area contributed by atoms with Gasteiger partial charge in [0.1, 0.15) is 0 Å². The number of amides is 1. The van der Waals surface area contributed by atoms with E-state index in [9.17, 15) is 4.79 Å². The third-order valence-corrected chi connectivity index (χ3v) is 5.53. The molecule has 1 aromatic carbocycles. The third kappa shape index (κ3) is 3.76. The third-order valence-electron chi connectivity index (χ3n) is 5.53. The number of hydrogen-bond acceptors (Lipinski definition) is 3. The van der Waals surface area contributed by atoms with Crippen LogP contribution in [0, 0.1) is 0 Å². The molecule has 1 saturated heterocycles. The first-order valence-electron chi connectivity index (χ1n) is 9.35. The fourth-order valence-corrected chi connectivity index (χ4v) is 4.08. The van der Waals surface area contributed by atoms with Crippen LogP contribution in [-0.4, -0.2) is 51.2 Å². The zero-order valence-electron chi connectivity index (χ0n) is 14.7. The van der Waals surface area contributed by atoms with Crippen molar-refractivity contribution in [1.82, 2.24) is 19.6 Å². The number of nitrogens with zero attached hydrogens (tertiary/aromatic N) is 4. The Labute approximate surface area is 149 Å². The number of carbonyl (C=O) groups excluding carboxylic acids is 1. The largest absolute Gasteiger partial charge is 0.337 e. The molecule has 132 valence electrons. The first-order chi connectivity index (χ1) is 12.3. The lowest BCUT2D eigenvalue weighted by Gasteiger charge is -2.37. The Morgan fingerprint density at radius 2 is 2.00 bits per heavy atom. The van der Waals surface area contributed by atoms with Gasteiger partial charge in [0.15, 0.2) is 0 Å².